The molecule has 0 radical (unpaired) electrons. The highest BCUT2D eigenvalue weighted by Crippen LogP contribution is 2.31. The molecule has 0 bridgehead atoms. The molecule has 7 nitrogen and oxygen atoms in total. The van der Waals surface area contributed by atoms with Crippen LogP contribution in [0.1, 0.15) is 36.9 Å². The first-order valence-electron chi connectivity index (χ1n) is 9.17. The molecular weight excluding hydrogens is 344 g/mol. The third-order valence-corrected chi connectivity index (χ3v) is 5.06. The summed E-state index contributed by atoms with van der Waals surface area (Å²) in [5.74, 6) is 0. The topological polar surface area (TPSA) is 74.1 Å². The molecule has 1 saturated heterocycles. The maximum atomic E-state index is 12.6. The van der Waals surface area contributed by atoms with Gasteiger partial charge in [0.1, 0.15) is 0 Å². The van der Waals surface area contributed by atoms with E-state index in [9.17, 15) is 4.79 Å². The van der Waals surface area contributed by atoms with Crippen LogP contribution >= 0.6 is 0 Å². The number of aromatic nitrogens is 4. The van der Waals surface area contributed by atoms with E-state index in [-0.39, 0.29) is 11.8 Å². The van der Waals surface area contributed by atoms with Crippen molar-refractivity contribution in [1.82, 2.24) is 19.6 Å². The molecular formula is C20H24N4O3. The Hall–Kier alpha value is -2.64. The number of hydrogen-bond donors (Lipinski definition) is 1. The van der Waals surface area contributed by atoms with Crippen LogP contribution in [0.15, 0.2) is 29.6 Å². The highest BCUT2D eigenvalue weighted by Gasteiger charge is 2.22. The zero-order valence-corrected chi connectivity index (χ0v) is 15.7. The minimum Gasteiger partial charge on any atom is -0.378 e. The Labute approximate surface area is 157 Å². The van der Waals surface area contributed by atoms with Crippen molar-refractivity contribution < 1.29 is 9.47 Å². The predicted octanol–water partition coefficient (Wildman–Crippen LogP) is 3.22. The minimum absolute atomic E-state index is 0.0509. The first kappa shape index (κ1) is 17.8. The zero-order chi connectivity index (χ0) is 19.0. The molecule has 142 valence electrons. The lowest BCUT2D eigenvalue weighted by atomic mass is 10.0. The second kappa shape index (κ2) is 7.17. The van der Waals surface area contributed by atoms with E-state index in [1.54, 1.807) is 20.2 Å². The summed E-state index contributed by atoms with van der Waals surface area (Å²) in [6.07, 6.45) is 4.87. The number of aryl methyl sites for hydroxylation is 1. The van der Waals surface area contributed by atoms with Gasteiger partial charge in [-0.2, -0.15) is 5.10 Å². The Morgan fingerprint density at radius 1 is 1.44 bits per heavy atom. The van der Waals surface area contributed by atoms with Gasteiger partial charge in [0, 0.05) is 26.2 Å². The Bertz CT molecular complexity index is 1040. The maximum Gasteiger partial charge on any atom is 0.274 e. The monoisotopic (exact) mass is 368 g/mol. The van der Waals surface area contributed by atoms with Gasteiger partial charge in [-0.1, -0.05) is 12.6 Å². The molecule has 1 N–H and O–H groups in total. The average Bonchev–Trinajstić information content (AvgIpc) is 3.19. The van der Waals surface area contributed by atoms with Gasteiger partial charge in [0.25, 0.3) is 5.56 Å². The van der Waals surface area contributed by atoms with Crippen molar-refractivity contribution in [2.24, 2.45) is 7.05 Å². The van der Waals surface area contributed by atoms with E-state index < -0.39 is 0 Å². The van der Waals surface area contributed by atoms with Gasteiger partial charge in [0.05, 0.1) is 29.1 Å². The molecule has 1 atom stereocenters. The second-order valence-electron chi connectivity index (χ2n) is 6.85. The molecule has 27 heavy (non-hydrogen) atoms. The smallest absolute Gasteiger partial charge is 0.274 e. The normalized spacial score (nSPS) is 17.5. The summed E-state index contributed by atoms with van der Waals surface area (Å²) in [5, 5.41) is 8.74. The molecule has 3 aromatic rings. The fraction of sp³-hybridized carbons (Fsp3) is 0.400. The fourth-order valence-corrected chi connectivity index (χ4v) is 3.76. The molecule has 2 aromatic heterocycles. The number of rotatable bonds is 5. The number of fused-ring (bicyclic) bond motifs is 1. The Morgan fingerprint density at radius 2 is 2.30 bits per heavy atom. The van der Waals surface area contributed by atoms with Gasteiger partial charge in [-0.05, 0) is 43.0 Å². The Balaban J connectivity index is 1.86. The highest BCUT2D eigenvalue weighted by molar-refractivity contribution is 5.91. The molecule has 0 aliphatic carbocycles. The maximum absolute atomic E-state index is 12.6. The predicted molar refractivity (Wildman–Crippen MR) is 104 cm³/mol. The van der Waals surface area contributed by atoms with Crippen molar-refractivity contribution >= 4 is 17.0 Å². The summed E-state index contributed by atoms with van der Waals surface area (Å²) in [6, 6.07) is 5.97. The number of nitrogens with zero attached hydrogens (tertiary/aromatic N) is 3. The average molecular weight is 368 g/mol. The van der Waals surface area contributed by atoms with E-state index in [0.29, 0.717) is 12.2 Å². The largest absolute Gasteiger partial charge is 0.378 e. The number of nitrogens with one attached hydrogen (secondary N) is 1. The summed E-state index contributed by atoms with van der Waals surface area (Å²) in [5.41, 5.74) is 3.92. The molecule has 3 heterocycles. The van der Waals surface area contributed by atoms with Crippen molar-refractivity contribution in [2.45, 2.75) is 32.1 Å². The van der Waals surface area contributed by atoms with Crippen LogP contribution in [0.4, 0.5) is 0 Å². The van der Waals surface area contributed by atoms with Crippen LogP contribution in [0.5, 0.6) is 0 Å². The third kappa shape index (κ3) is 3.02. The van der Waals surface area contributed by atoms with Crippen LogP contribution in [-0.4, -0.2) is 33.3 Å². The lowest BCUT2D eigenvalue weighted by molar-refractivity contribution is -0.0367. The van der Waals surface area contributed by atoms with E-state index in [4.69, 9.17) is 14.6 Å². The number of methoxy groups -OCH3 is 1. The van der Waals surface area contributed by atoms with E-state index in [1.807, 2.05) is 22.9 Å². The number of benzene rings is 1. The number of H-pyrrole nitrogens is 1. The molecule has 1 fully saturated rings. The van der Waals surface area contributed by atoms with Crippen molar-refractivity contribution in [3.63, 3.8) is 0 Å². The van der Waals surface area contributed by atoms with Crippen molar-refractivity contribution in [3.05, 3.63) is 46.5 Å². The minimum atomic E-state index is -0.0791. The number of hydrogen-bond acceptors (Lipinski definition) is 4. The van der Waals surface area contributed by atoms with E-state index in [0.717, 1.165) is 53.7 Å². The van der Waals surface area contributed by atoms with Crippen molar-refractivity contribution in [3.8, 4) is 11.1 Å². The van der Waals surface area contributed by atoms with Crippen LogP contribution < -0.4 is 5.56 Å². The first-order chi connectivity index (χ1) is 13.1. The van der Waals surface area contributed by atoms with Crippen LogP contribution in [0.2, 0.25) is 0 Å². The summed E-state index contributed by atoms with van der Waals surface area (Å²) >= 11 is 0. The van der Waals surface area contributed by atoms with Gasteiger partial charge in [0.2, 0.25) is 0 Å². The Kier molecular flexibility index (Phi) is 4.72. The van der Waals surface area contributed by atoms with Gasteiger partial charge < -0.3 is 9.47 Å². The third-order valence-electron chi connectivity index (χ3n) is 5.06. The van der Waals surface area contributed by atoms with E-state index >= 15 is 0 Å². The van der Waals surface area contributed by atoms with Crippen molar-refractivity contribution in [1.29, 1.82) is 0 Å². The van der Waals surface area contributed by atoms with Gasteiger partial charge in [-0.25, -0.2) is 4.68 Å². The summed E-state index contributed by atoms with van der Waals surface area (Å²) in [4.78, 5) is 12.6. The molecule has 7 heteroatoms. The fourth-order valence-electron chi connectivity index (χ4n) is 3.76. The number of aromatic amines is 1. The summed E-state index contributed by atoms with van der Waals surface area (Å²) in [6.45, 7) is 5.00. The number of ether oxygens (including phenoxy) is 2. The zero-order valence-electron chi connectivity index (χ0n) is 15.7. The Morgan fingerprint density at radius 3 is 3.00 bits per heavy atom. The SMILES string of the molecule is C=Cc1nn(C2CCCCO2)c2ccc(-c3c(COC)[nH]n(C)c3=O)cc12. The lowest BCUT2D eigenvalue weighted by Gasteiger charge is -2.23. The van der Waals surface area contributed by atoms with Crippen LogP contribution in [0.25, 0.3) is 28.1 Å². The molecule has 1 unspecified atom stereocenters. The van der Waals surface area contributed by atoms with Gasteiger partial charge >= 0.3 is 0 Å². The molecule has 0 amide bonds. The molecule has 1 aromatic carbocycles. The van der Waals surface area contributed by atoms with E-state index in [1.165, 1.54) is 4.68 Å². The first-order valence-corrected chi connectivity index (χ1v) is 9.17. The lowest BCUT2D eigenvalue weighted by Crippen LogP contribution is -2.19. The van der Waals surface area contributed by atoms with Crippen molar-refractivity contribution in [2.75, 3.05) is 13.7 Å². The van der Waals surface area contributed by atoms with Crippen LogP contribution in [0, 0.1) is 0 Å². The molecule has 0 saturated carbocycles. The van der Waals surface area contributed by atoms with Crippen LogP contribution in [-0.2, 0) is 23.1 Å². The standard InChI is InChI=1S/C20H24N4O3/c1-4-15-14-11-13(19-16(12-26-3)21-23(2)20(19)25)8-9-17(14)24(22-15)18-7-5-6-10-27-18/h4,8-9,11,18,21H,1,5-7,10,12H2,2-3H3. The molecule has 1 aliphatic rings. The second-order valence-corrected chi connectivity index (χ2v) is 6.85. The molecule has 4 rings (SSSR count). The quantitative estimate of drug-likeness (QED) is 0.750. The summed E-state index contributed by atoms with van der Waals surface area (Å²) < 4.78 is 14.6. The molecule has 1 aliphatic heterocycles. The van der Waals surface area contributed by atoms with Gasteiger partial charge in [-0.3, -0.25) is 14.6 Å². The highest BCUT2D eigenvalue weighted by atomic mass is 16.5. The summed E-state index contributed by atoms with van der Waals surface area (Å²) in [7, 11) is 3.32. The van der Waals surface area contributed by atoms with Gasteiger partial charge in [-0.15, -0.1) is 0 Å². The van der Waals surface area contributed by atoms with Gasteiger partial charge in [0.15, 0.2) is 6.23 Å². The van der Waals surface area contributed by atoms with Crippen LogP contribution in [0.3, 0.4) is 0 Å². The van der Waals surface area contributed by atoms with E-state index in [2.05, 4.69) is 11.7 Å². The molecule has 0 spiro atoms.